The number of piperidine rings is 2. The zero-order chi connectivity index (χ0) is 50.0. The summed E-state index contributed by atoms with van der Waals surface area (Å²) in [5.74, 6) is -0.450. The highest BCUT2D eigenvalue weighted by Gasteiger charge is 2.38. The number of hydrogen-bond donors (Lipinski definition) is 2. The molecule has 2 fully saturated rings. The number of hydrogen-bond acceptors (Lipinski definition) is 12. The number of amides is 3. The summed E-state index contributed by atoms with van der Waals surface area (Å²) in [6, 6.07) is 16.3. The van der Waals surface area contributed by atoms with E-state index in [1.807, 2.05) is 56.3 Å². The van der Waals surface area contributed by atoms with E-state index in [0.29, 0.717) is 86.8 Å². The fourth-order valence-electron chi connectivity index (χ4n) is 9.76. The standard InChI is InChI=1S/C30H31F2N7O2.C22H29N3O4/c1-4-41-23-14-24(28-21(15-33)17-35-39(28)18-23)20-5-8-27(34-16-20)38-11-9-30(10-12-38,19-37(2)3)36-29(40)25-13-22(31)6-7-26(25)32;1-23-21(28)6-4-19(15-27)25-14-18-13-17(3-5-20(18)22(25)29)16-7-10-24(11-8-16)9-2-12-26/h5-8,13-14,16-18H,4,9-12,19H2,1-3H3,(H,36,40);3,5,12-13,15-16,19H,2,4,6-11,14H2,1H3,(H,23,28). The number of pyridine rings is 2. The lowest BCUT2D eigenvalue weighted by Crippen LogP contribution is -2.60. The van der Waals surface area contributed by atoms with Crippen molar-refractivity contribution in [3.05, 3.63) is 113 Å². The number of carbonyl (C=O) groups is 5. The molecule has 18 heteroatoms. The van der Waals surface area contributed by atoms with E-state index in [2.05, 4.69) is 37.7 Å². The molecule has 0 bridgehead atoms. The number of likely N-dealkylation sites (tertiary alicyclic amines) is 1. The maximum Gasteiger partial charge on any atom is 0.255 e. The summed E-state index contributed by atoms with van der Waals surface area (Å²) in [6.45, 7) is 7.37. The van der Waals surface area contributed by atoms with Gasteiger partial charge >= 0.3 is 0 Å². The first-order valence-corrected chi connectivity index (χ1v) is 23.7. The van der Waals surface area contributed by atoms with E-state index in [9.17, 15) is 38.0 Å². The van der Waals surface area contributed by atoms with Crippen molar-refractivity contribution < 1.29 is 37.5 Å². The lowest BCUT2D eigenvalue weighted by molar-refractivity contribution is -0.121. The van der Waals surface area contributed by atoms with Crippen LogP contribution in [0.15, 0.2) is 73.2 Å². The molecule has 8 rings (SSSR count). The van der Waals surface area contributed by atoms with Crippen LogP contribution < -0.4 is 20.3 Å². The summed E-state index contributed by atoms with van der Waals surface area (Å²) in [4.78, 5) is 72.1. The van der Waals surface area contributed by atoms with E-state index in [0.717, 1.165) is 85.8 Å². The molecule has 1 atom stereocenters. The van der Waals surface area contributed by atoms with Gasteiger partial charge in [0.25, 0.3) is 11.8 Å². The number of ether oxygens (including phenoxy) is 1. The zero-order valence-corrected chi connectivity index (χ0v) is 40.1. The third kappa shape index (κ3) is 11.8. The Labute approximate surface area is 406 Å². The molecule has 0 spiro atoms. The number of aldehydes is 2. The molecule has 3 amide bonds. The maximum absolute atomic E-state index is 14.3. The Morgan fingerprint density at radius 1 is 1.01 bits per heavy atom. The van der Waals surface area contributed by atoms with E-state index in [1.54, 1.807) is 28.9 Å². The number of fused-ring (bicyclic) bond motifs is 2. The molecule has 2 N–H and O–H groups in total. The monoisotopic (exact) mass is 958 g/mol. The average molecular weight is 959 g/mol. The van der Waals surface area contributed by atoms with Gasteiger partial charge in [-0.1, -0.05) is 12.1 Å². The zero-order valence-electron chi connectivity index (χ0n) is 40.1. The van der Waals surface area contributed by atoms with Crippen molar-refractivity contribution in [2.45, 2.75) is 75.9 Å². The van der Waals surface area contributed by atoms with Crippen LogP contribution in [-0.2, 0) is 20.9 Å². The van der Waals surface area contributed by atoms with Crippen LogP contribution in [0, 0.1) is 23.0 Å². The summed E-state index contributed by atoms with van der Waals surface area (Å²) in [5.41, 5.74) is 4.69. The van der Waals surface area contributed by atoms with Gasteiger partial charge in [-0.3, -0.25) is 14.4 Å². The largest absolute Gasteiger partial charge is 0.492 e. The van der Waals surface area contributed by atoms with Gasteiger partial charge in [0.2, 0.25) is 5.91 Å². The topological polar surface area (TPSA) is 186 Å². The molecule has 70 heavy (non-hydrogen) atoms. The molecule has 2 aromatic carbocycles. The molecule has 368 valence electrons. The van der Waals surface area contributed by atoms with Gasteiger partial charge in [0, 0.05) is 75.5 Å². The Kier molecular flexibility index (Phi) is 16.7. The van der Waals surface area contributed by atoms with E-state index in [4.69, 9.17) is 9.72 Å². The predicted molar refractivity (Wildman–Crippen MR) is 259 cm³/mol. The van der Waals surface area contributed by atoms with Crippen LogP contribution in [-0.4, -0.2) is 138 Å². The molecule has 3 aromatic heterocycles. The van der Waals surface area contributed by atoms with Gasteiger partial charge in [-0.25, -0.2) is 18.3 Å². The van der Waals surface area contributed by atoms with Crippen molar-refractivity contribution in [2.24, 2.45) is 0 Å². The molecule has 0 aliphatic carbocycles. The number of nitrogens with zero attached hydrogens (tertiary/aromatic N) is 8. The molecular weight excluding hydrogens is 899 g/mol. The number of anilines is 1. The molecule has 5 aromatic rings. The van der Waals surface area contributed by atoms with E-state index in [-0.39, 0.29) is 23.8 Å². The first kappa shape index (κ1) is 50.8. The molecule has 2 saturated heterocycles. The third-order valence-corrected chi connectivity index (χ3v) is 13.4. The molecule has 0 radical (unpaired) electrons. The normalized spacial score (nSPS) is 16.2. The fraction of sp³-hybridized carbons (Fsp3) is 0.423. The molecule has 3 aliphatic rings. The Balaban J connectivity index is 0.000000219. The van der Waals surface area contributed by atoms with E-state index >= 15 is 0 Å². The maximum atomic E-state index is 14.3. The second-order valence-corrected chi connectivity index (χ2v) is 18.3. The van der Waals surface area contributed by atoms with Crippen LogP contribution in [0.1, 0.15) is 95.2 Å². The SMILES string of the molecule is CCOc1cc(-c2ccc(N3CCC(CN(C)C)(NC(=O)c4cc(F)ccc4F)CC3)nc2)c2c(C#N)cnn2c1.CNC(=O)CCC(C=O)N1Cc2cc(C3CCN(CCC=O)CC3)ccc2C1=O. The number of rotatable bonds is 17. The van der Waals surface area contributed by atoms with Gasteiger partial charge < -0.3 is 44.6 Å². The molecule has 6 heterocycles. The van der Waals surface area contributed by atoms with Crippen molar-refractivity contribution in [1.82, 2.24) is 39.9 Å². The second kappa shape index (κ2) is 23.0. The minimum atomic E-state index is -0.757. The number of aromatic nitrogens is 3. The Morgan fingerprint density at radius 2 is 1.79 bits per heavy atom. The highest BCUT2D eigenvalue weighted by Crippen LogP contribution is 2.35. The average Bonchev–Trinajstić information content (AvgIpc) is 3.94. The fourth-order valence-corrected chi connectivity index (χ4v) is 9.76. The highest BCUT2D eigenvalue weighted by molar-refractivity contribution is 6.00. The minimum Gasteiger partial charge on any atom is -0.492 e. The summed E-state index contributed by atoms with van der Waals surface area (Å²) in [6.07, 6.45) is 11.2. The molecule has 0 saturated carbocycles. The van der Waals surface area contributed by atoms with Crippen molar-refractivity contribution >= 4 is 41.6 Å². The summed E-state index contributed by atoms with van der Waals surface area (Å²) in [5, 5.41) is 19.5. The van der Waals surface area contributed by atoms with Crippen molar-refractivity contribution in [1.29, 1.82) is 5.26 Å². The number of nitrogens with one attached hydrogen (secondary N) is 2. The lowest BCUT2D eigenvalue weighted by Gasteiger charge is -2.44. The first-order valence-electron chi connectivity index (χ1n) is 23.7. The van der Waals surface area contributed by atoms with Gasteiger partial charge in [0.1, 0.15) is 41.8 Å². The van der Waals surface area contributed by atoms with Crippen LogP contribution in [0.4, 0.5) is 14.6 Å². The van der Waals surface area contributed by atoms with Gasteiger partial charge in [-0.15, -0.1) is 0 Å². The number of nitriles is 1. The van der Waals surface area contributed by atoms with Crippen LogP contribution in [0.25, 0.3) is 16.6 Å². The van der Waals surface area contributed by atoms with E-state index in [1.165, 1.54) is 11.8 Å². The van der Waals surface area contributed by atoms with Gasteiger partial charge in [-0.2, -0.15) is 10.4 Å². The van der Waals surface area contributed by atoms with Crippen LogP contribution in [0.2, 0.25) is 0 Å². The van der Waals surface area contributed by atoms with Gasteiger partial charge in [0.15, 0.2) is 0 Å². The number of halogens is 2. The number of carbonyl (C=O) groups excluding carboxylic acids is 5. The van der Waals surface area contributed by atoms with Crippen molar-refractivity contribution in [3.8, 4) is 22.9 Å². The summed E-state index contributed by atoms with van der Waals surface area (Å²) in [7, 11) is 5.39. The summed E-state index contributed by atoms with van der Waals surface area (Å²) < 4.78 is 35.4. The highest BCUT2D eigenvalue weighted by atomic mass is 19.1. The number of likely N-dealkylation sites (N-methyl/N-ethyl adjacent to an activating group) is 1. The predicted octanol–water partition coefficient (Wildman–Crippen LogP) is 5.78. The summed E-state index contributed by atoms with van der Waals surface area (Å²) >= 11 is 0. The van der Waals surface area contributed by atoms with Gasteiger partial charge in [0.05, 0.1) is 47.2 Å². The molecular formula is C52H60F2N10O6. The third-order valence-electron chi connectivity index (χ3n) is 13.4. The van der Waals surface area contributed by atoms with Gasteiger partial charge in [-0.05, 0) is 126 Å². The Morgan fingerprint density at radius 3 is 2.44 bits per heavy atom. The second-order valence-electron chi connectivity index (χ2n) is 18.3. The Bertz CT molecular complexity index is 2720. The van der Waals surface area contributed by atoms with Crippen molar-refractivity contribution in [2.75, 3.05) is 71.9 Å². The quantitative estimate of drug-likeness (QED) is 0.107. The smallest absolute Gasteiger partial charge is 0.255 e. The van der Waals surface area contributed by atoms with Crippen molar-refractivity contribution in [3.63, 3.8) is 0 Å². The lowest BCUT2D eigenvalue weighted by atomic mass is 9.86. The Hall–Kier alpha value is -7.10. The minimum absolute atomic E-state index is 0.135. The van der Waals surface area contributed by atoms with Crippen LogP contribution >= 0.6 is 0 Å². The van der Waals surface area contributed by atoms with E-state index < -0.39 is 29.1 Å². The number of benzene rings is 2. The first-order chi connectivity index (χ1) is 33.8. The molecule has 1 unspecified atom stereocenters. The molecule has 16 nitrogen and oxygen atoms in total. The molecule has 3 aliphatic heterocycles. The van der Waals surface area contributed by atoms with Crippen LogP contribution in [0.3, 0.4) is 0 Å². The van der Waals surface area contributed by atoms with Crippen LogP contribution in [0.5, 0.6) is 5.75 Å².